The molecule has 2 rings (SSSR count). The minimum Gasteiger partial charge on any atom is -0.327 e. The van der Waals surface area contributed by atoms with Crippen molar-refractivity contribution in [2.75, 3.05) is 13.6 Å². The van der Waals surface area contributed by atoms with E-state index in [0.29, 0.717) is 24.2 Å². The van der Waals surface area contributed by atoms with Crippen molar-refractivity contribution in [3.8, 4) is 0 Å². The van der Waals surface area contributed by atoms with Gasteiger partial charge in [0.2, 0.25) is 11.6 Å². The van der Waals surface area contributed by atoms with Crippen LogP contribution in [0.2, 0.25) is 0 Å². The Hall–Kier alpha value is -2.23. The molecule has 0 saturated carbocycles. The van der Waals surface area contributed by atoms with Gasteiger partial charge in [-0.2, -0.15) is 0 Å². The van der Waals surface area contributed by atoms with E-state index >= 15 is 0 Å². The fraction of sp³-hybridized carbons (Fsp3) is 0.353. The molecule has 0 N–H and O–H groups in total. The smallest absolute Gasteiger partial charge is 0.249 e. The zero-order chi connectivity index (χ0) is 15.6. The van der Waals surface area contributed by atoms with Crippen LogP contribution in [0.15, 0.2) is 28.9 Å². The molecular weight excluding hydrogens is 264 g/mol. The number of carbonyl (C=O) groups excluding carboxylic acids is 2. The molecule has 0 aromatic heterocycles. The Kier molecular flexibility index (Phi) is 4.36. The number of allylic oxidation sites excluding steroid dienone is 1. The van der Waals surface area contributed by atoms with Crippen molar-refractivity contribution < 1.29 is 9.59 Å². The van der Waals surface area contributed by atoms with Crippen molar-refractivity contribution in [1.29, 1.82) is 0 Å². The van der Waals surface area contributed by atoms with Gasteiger partial charge in [0.15, 0.2) is 0 Å². The maximum absolute atomic E-state index is 12.4. The van der Waals surface area contributed by atoms with Crippen LogP contribution in [0.1, 0.15) is 41.8 Å². The molecule has 4 heteroatoms. The zero-order valence-corrected chi connectivity index (χ0v) is 12.9. The summed E-state index contributed by atoms with van der Waals surface area (Å²) in [5.41, 5.74) is 2.68. The van der Waals surface area contributed by atoms with Gasteiger partial charge in [0.1, 0.15) is 5.84 Å². The lowest BCUT2D eigenvalue weighted by Crippen LogP contribution is -2.37. The molecule has 0 amide bonds. The van der Waals surface area contributed by atoms with E-state index in [1.165, 1.54) is 0 Å². The van der Waals surface area contributed by atoms with Crippen molar-refractivity contribution in [2.45, 2.75) is 27.2 Å². The van der Waals surface area contributed by atoms with Crippen LogP contribution >= 0.6 is 0 Å². The lowest BCUT2D eigenvalue weighted by Gasteiger charge is -2.28. The molecule has 1 aromatic rings. The highest BCUT2D eigenvalue weighted by Crippen LogP contribution is 2.25. The van der Waals surface area contributed by atoms with Gasteiger partial charge < -0.3 is 4.90 Å². The molecule has 0 atom stereocenters. The number of nitrogens with zero attached hydrogens (tertiary/aromatic N) is 2. The number of benzene rings is 1. The van der Waals surface area contributed by atoms with E-state index in [9.17, 15) is 9.59 Å². The Morgan fingerprint density at radius 3 is 2.48 bits per heavy atom. The Morgan fingerprint density at radius 2 is 1.90 bits per heavy atom. The summed E-state index contributed by atoms with van der Waals surface area (Å²) in [6, 6.07) is 5.60. The maximum atomic E-state index is 12.4. The predicted molar refractivity (Wildman–Crippen MR) is 84.5 cm³/mol. The average molecular weight is 284 g/mol. The van der Waals surface area contributed by atoms with Crippen molar-refractivity contribution in [3.63, 3.8) is 0 Å². The lowest BCUT2D eigenvalue weighted by molar-refractivity contribution is -0.112. The van der Waals surface area contributed by atoms with E-state index in [4.69, 9.17) is 0 Å². The Morgan fingerprint density at radius 1 is 1.19 bits per heavy atom. The Balaban J connectivity index is 2.56. The molecule has 0 saturated heterocycles. The molecular formula is C17H20N2O2. The van der Waals surface area contributed by atoms with Crippen LogP contribution in [0.5, 0.6) is 0 Å². The maximum Gasteiger partial charge on any atom is 0.249 e. The Labute approximate surface area is 125 Å². The van der Waals surface area contributed by atoms with Gasteiger partial charge in [0.05, 0.1) is 5.70 Å². The lowest BCUT2D eigenvalue weighted by atomic mass is 9.91. The molecule has 21 heavy (non-hydrogen) atoms. The monoisotopic (exact) mass is 284 g/mol. The van der Waals surface area contributed by atoms with Gasteiger partial charge in [0.25, 0.3) is 0 Å². The number of hydrogen-bond acceptors (Lipinski definition) is 3. The fourth-order valence-corrected chi connectivity index (χ4v) is 2.61. The minimum atomic E-state index is -0.454. The highest BCUT2D eigenvalue weighted by atomic mass is 16.2. The third-order valence-electron chi connectivity index (χ3n) is 3.68. The van der Waals surface area contributed by atoms with Gasteiger partial charge in [-0.15, -0.1) is 0 Å². The first-order valence-corrected chi connectivity index (χ1v) is 7.18. The molecule has 110 valence electrons. The van der Waals surface area contributed by atoms with Crippen LogP contribution in [0.3, 0.4) is 0 Å². The first-order valence-electron chi connectivity index (χ1n) is 7.18. The summed E-state index contributed by atoms with van der Waals surface area (Å²) in [5.74, 6) is -0.0822. The van der Waals surface area contributed by atoms with Crippen LogP contribution < -0.4 is 0 Å². The number of aryl methyl sites for hydroxylation is 1. The molecule has 1 aliphatic carbocycles. The van der Waals surface area contributed by atoms with Crippen molar-refractivity contribution in [2.24, 2.45) is 4.99 Å². The Bertz CT molecular complexity index is 657. The van der Waals surface area contributed by atoms with E-state index in [1.807, 2.05) is 37.8 Å². The molecule has 0 fully saturated rings. The minimum absolute atomic E-state index is 0.418. The van der Waals surface area contributed by atoms with E-state index in [2.05, 4.69) is 4.99 Å². The van der Waals surface area contributed by atoms with E-state index < -0.39 is 11.6 Å². The summed E-state index contributed by atoms with van der Waals surface area (Å²) in [6.45, 7) is 6.45. The van der Waals surface area contributed by atoms with Gasteiger partial charge in [-0.05, 0) is 31.6 Å². The second kappa shape index (κ2) is 6.04. The van der Waals surface area contributed by atoms with Gasteiger partial charge in [-0.1, -0.05) is 24.6 Å². The number of rotatable bonds is 3. The number of fused-ring (bicyclic) bond motifs is 1. The fourth-order valence-electron chi connectivity index (χ4n) is 2.61. The first kappa shape index (κ1) is 15.2. The SMILES string of the molecule is CC/C(=N/C)N(CC)C1=Cc2ccc(C)cc2C(=O)C1=O. The summed E-state index contributed by atoms with van der Waals surface area (Å²) in [6.07, 6.45) is 2.51. The van der Waals surface area contributed by atoms with E-state index in [1.54, 1.807) is 19.2 Å². The highest BCUT2D eigenvalue weighted by Gasteiger charge is 2.31. The van der Waals surface area contributed by atoms with E-state index in [0.717, 1.165) is 17.0 Å². The largest absolute Gasteiger partial charge is 0.327 e. The third kappa shape index (κ3) is 2.66. The highest BCUT2D eigenvalue weighted by molar-refractivity contribution is 6.52. The third-order valence-corrected chi connectivity index (χ3v) is 3.68. The quantitative estimate of drug-likeness (QED) is 0.487. The molecule has 4 nitrogen and oxygen atoms in total. The van der Waals surface area contributed by atoms with Crippen LogP contribution in [-0.4, -0.2) is 35.9 Å². The number of likely N-dealkylation sites (N-methyl/N-ethyl adjacent to an activating group) is 1. The number of ketones is 2. The summed E-state index contributed by atoms with van der Waals surface area (Å²) in [7, 11) is 1.70. The first-order chi connectivity index (χ1) is 10.0. The summed E-state index contributed by atoms with van der Waals surface area (Å²) in [5, 5.41) is 0. The number of hydrogen-bond donors (Lipinski definition) is 0. The second-order valence-corrected chi connectivity index (χ2v) is 5.02. The summed E-state index contributed by atoms with van der Waals surface area (Å²) >= 11 is 0. The topological polar surface area (TPSA) is 49.7 Å². The zero-order valence-electron chi connectivity index (χ0n) is 12.9. The van der Waals surface area contributed by atoms with Gasteiger partial charge >= 0.3 is 0 Å². The standard InChI is InChI=1S/C17H20N2O2/c1-5-15(18-4)19(6-2)14-10-12-8-7-11(3)9-13(12)16(20)17(14)21/h7-10H,5-6H2,1-4H3/b18-15-. The number of aliphatic imine (C=N–C) groups is 1. The van der Waals surface area contributed by atoms with E-state index in [-0.39, 0.29) is 0 Å². The van der Waals surface area contributed by atoms with Gasteiger partial charge in [-0.25, -0.2) is 0 Å². The molecule has 0 radical (unpaired) electrons. The van der Waals surface area contributed by atoms with Gasteiger partial charge in [0, 0.05) is 25.6 Å². The molecule has 0 heterocycles. The van der Waals surface area contributed by atoms with Crippen molar-refractivity contribution in [1.82, 2.24) is 4.90 Å². The molecule has 0 bridgehead atoms. The normalized spacial score (nSPS) is 14.9. The van der Waals surface area contributed by atoms with Gasteiger partial charge in [-0.3, -0.25) is 14.6 Å². The van der Waals surface area contributed by atoms with Crippen LogP contribution in [0.25, 0.3) is 6.08 Å². The second-order valence-electron chi connectivity index (χ2n) is 5.02. The van der Waals surface area contributed by atoms with Crippen LogP contribution in [-0.2, 0) is 4.79 Å². The molecule has 0 aliphatic heterocycles. The predicted octanol–water partition coefficient (Wildman–Crippen LogP) is 2.86. The average Bonchev–Trinajstić information content (AvgIpc) is 2.49. The summed E-state index contributed by atoms with van der Waals surface area (Å²) in [4.78, 5) is 30.8. The van der Waals surface area contributed by atoms with Crippen LogP contribution in [0.4, 0.5) is 0 Å². The molecule has 1 aliphatic rings. The molecule has 0 spiro atoms. The van der Waals surface area contributed by atoms with Crippen LogP contribution in [0, 0.1) is 6.92 Å². The number of Topliss-reactive ketones (excluding diaryl/α,β-unsaturated/α-hetero) is 2. The summed E-state index contributed by atoms with van der Waals surface area (Å²) < 4.78 is 0. The van der Waals surface area contributed by atoms with Crippen molar-refractivity contribution in [3.05, 3.63) is 40.6 Å². The van der Waals surface area contributed by atoms with Crippen molar-refractivity contribution >= 4 is 23.5 Å². The molecule has 1 aromatic carbocycles. The number of carbonyl (C=O) groups is 2. The number of amidine groups is 1. The molecule has 0 unspecified atom stereocenters.